The molecule has 0 radical (unpaired) electrons. The zero-order valence-corrected chi connectivity index (χ0v) is 16.2. The van der Waals surface area contributed by atoms with Crippen molar-refractivity contribution in [2.24, 2.45) is 0 Å². The summed E-state index contributed by atoms with van der Waals surface area (Å²) < 4.78 is 0. The summed E-state index contributed by atoms with van der Waals surface area (Å²) in [5, 5.41) is 8.90. The largest absolute Gasteiger partial charge is 0.330 e. The first-order valence-electron chi connectivity index (χ1n) is 10.2. The van der Waals surface area contributed by atoms with E-state index in [0.717, 1.165) is 31.9 Å². The van der Waals surface area contributed by atoms with Gasteiger partial charge in [0.05, 0.1) is 50.6 Å². The van der Waals surface area contributed by atoms with Crippen molar-refractivity contribution in [3.8, 4) is 5.69 Å². The molecule has 0 spiro atoms. The summed E-state index contributed by atoms with van der Waals surface area (Å²) in [5.74, 6) is 0.0129. The number of nitrogens with one attached hydrogen (secondary N) is 2. The van der Waals surface area contributed by atoms with Crippen LogP contribution in [0, 0.1) is 6.92 Å². The third-order valence-electron chi connectivity index (χ3n) is 5.87. The van der Waals surface area contributed by atoms with Gasteiger partial charge >= 0.3 is 0 Å². The summed E-state index contributed by atoms with van der Waals surface area (Å²) >= 11 is 0. The van der Waals surface area contributed by atoms with Gasteiger partial charge in [-0.3, -0.25) is 4.79 Å². The highest BCUT2D eigenvalue weighted by Crippen LogP contribution is 2.10. The van der Waals surface area contributed by atoms with Crippen LogP contribution in [0.15, 0.2) is 30.3 Å². The third-order valence-corrected chi connectivity index (χ3v) is 5.87. The summed E-state index contributed by atoms with van der Waals surface area (Å²) in [7, 11) is 0. The maximum Gasteiger partial charge on any atom is 0.276 e. The molecule has 144 valence electrons. The molecule has 7 heteroatoms. The second-order valence-electron chi connectivity index (χ2n) is 7.76. The van der Waals surface area contributed by atoms with Gasteiger partial charge in [-0.25, -0.2) is 0 Å². The molecule has 1 amide bonds. The van der Waals surface area contributed by atoms with Crippen molar-refractivity contribution in [2.45, 2.75) is 19.8 Å². The van der Waals surface area contributed by atoms with Crippen molar-refractivity contribution in [1.82, 2.24) is 19.9 Å². The minimum atomic E-state index is 0.0129. The van der Waals surface area contributed by atoms with E-state index in [2.05, 4.69) is 10.2 Å². The van der Waals surface area contributed by atoms with Crippen LogP contribution >= 0.6 is 0 Å². The number of piperazine rings is 1. The number of hydrogen-bond donors (Lipinski definition) is 2. The van der Waals surface area contributed by atoms with Crippen molar-refractivity contribution < 1.29 is 14.6 Å². The molecule has 4 rings (SSSR count). The van der Waals surface area contributed by atoms with E-state index >= 15 is 0 Å². The van der Waals surface area contributed by atoms with Gasteiger partial charge in [0.2, 0.25) is 0 Å². The van der Waals surface area contributed by atoms with E-state index in [-0.39, 0.29) is 5.91 Å². The number of aromatic nitrogens is 3. The smallest absolute Gasteiger partial charge is 0.276 e. The molecule has 0 unspecified atom stereocenters. The van der Waals surface area contributed by atoms with Crippen molar-refractivity contribution in [1.29, 1.82) is 0 Å². The number of para-hydroxylation sites is 1. The molecular weight excluding hydrogens is 340 g/mol. The standard InChI is InChI=1S/C20H28N6O/c1-17-19(22-26(21-17)18-7-3-2-4-8-18)20(27)25-15-13-24(14-16-25)12-11-23-9-5-6-10-23/h2-4,7-8H,5-6,9-16H2,1H3/p+2. The van der Waals surface area contributed by atoms with Crippen LogP contribution in [0.5, 0.6) is 0 Å². The maximum atomic E-state index is 12.9. The van der Waals surface area contributed by atoms with Crippen LogP contribution in [0.1, 0.15) is 29.0 Å². The summed E-state index contributed by atoms with van der Waals surface area (Å²) in [5.41, 5.74) is 2.04. The lowest BCUT2D eigenvalue weighted by Crippen LogP contribution is -3.21. The van der Waals surface area contributed by atoms with E-state index in [0.29, 0.717) is 11.4 Å². The number of hydrogen-bond acceptors (Lipinski definition) is 3. The minimum absolute atomic E-state index is 0.0129. The molecule has 2 fully saturated rings. The fourth-order valence-corrected chi connectivity index (χ4v) is 4.16. The number of nitrogens with zero attached hydrogens (tertiary/aromatic N) is 4. The van der Waals surface area contributed by atoms with Crippen LogP contribution in [0.2, 0.25) is 0 Å². The summed E-state index contributed by atoms with van der Waals surface area (Å²) in [6.45, 7) is 10.7. The predicted molar refractivity (Wildman–Crippen MR) is 102 cm³/mol. The van der Waals surface area contributed by atoms with Crippen molar-refractivity contribution in [3.05, 3.63) is 41.7 Å². The highest BCUT2D eigenvalue weighted by atomic mass is 16.2. The predicted octanol–water partition coefficient (Wildman–Crippen LogP) is -1.40. The average molecular weight is 371 g/mol. The Hall–Kier alpha value is -2.25. The number of carbonyl (C=O) groups excluding carboxylic acids is 1. The SMILES string of the molecule is Cc1nn(-c2ccccc2)nc1C(=O)N1CC[NH+](CC[NH+]2CCCC2)CC1. The number of amides is 1. The molecule has 0 bridgehead atoms. The summed E-state index contributed by atoms with van der Waals surface area (Å²) in [4.78, 5) is 19.8. The second-order valence-corrected chi connectivity index (χ2v) is 7.76. The number of benzene rings is 1. The fourth-order valence-electron chi connectivity index (χ4n) is 4.16. The van der Waals surface area contributed by atoms with Crippen molar-refractivity contribution in [3.63, 3.8) is 0 Å². The summed E-state index contributed by atoms with van der Waals surface area (Å²) in [6.07, 6.45) is 2.77. The molecule has 2 saturated heterocycles. The second kappa shape index (κ2) is 8.19. The Kier molecular flexibility index (Phi) is 5.50. The van der Waals surface area contributed by atoms with Crippen molar-refractivity contribution >= 4 is 5.91 Å². The van der Waals surface area contributed by atoms with Gasteiger partial charge in [-0.2, -0.15) is 9.90 Å². The lowest BCUT2D eigenvalue weighted by Gasteiger charge is -2.32. The average Bonchev–Trinajstić information content (AvgIpc) is 3.37. The van der Waals surface area contributed by atoms with Gasteiger partial charge in [-0.15, -0.1) is 5.10 Å². The zero-order valence-electron chi connectivity index (χ0n) is 16.2. The normalized spacial score (nSPS) is 18.9. The molecule has 2 aromatic rings. The molecule has 2 aliphatic rings. The van der Waals surface area contributed by atoms with E-state index in [1.54, 1.807) is 14.6 Å². The fraction of sp³-hybridized carbons (Fsp3) is 0.550. The first-order valence-corrected chi connectivity index (χ1v) is 10.2. The number of aryl methyl sites for hydroxylation is 1. The van der Waals surface area contributed by atoms with Gasteiger partial charge in [-0.05, 0) is 19.1 Å². The Morgan fingerprint density at radius 3 is 2.26 bits per heavy atom. The molecule has 3 heterocycles. The van der Waals surface area contributed by atoms with Crippen LogP contribution in [0.25, 0.3) is 5.69 Å². The van der Waals surface area contributed by atoms with Crippen LogP contribution in [0.4, 0.5) is 0 Å². The van der Waals surface area contributed by atoms with Gasteiger partial charge in [0, 0.05) is 12.8 Å². The van der Waals surface area contributed by atoms with Gasteiger partial charge in [-0.1, -0.05) is 18.2 Å². The Morgan fingerprint density at radius 1 is 0.963 bits per heavy atom. The van der Waals surface area contributed by atoms with Crippen LogP contribution < -0.4 is 9.80 Å². The van der Waals surface area contributed by atoms with Crippen LogP contribution in [0.3, 0.4) is 0 Å². The number of likely N-dealkylation sites (tertiary alicyclic amines) is 1. The van der Waals surface area contributed by atoms with E-state index in [1.165, 1.54) is 39.0 Å². The molecule has 0 atom stereocenters. The summed E-state index contributed by atoms with van der Waals surface area (Å²) in [6, 6.07) is 9.73. The molecule has 2 N–H and O–H groups in total. The molecule has 27 heavy (non-hydrogen) atoms. The monoisotopic (exact) mass is 370 g/mol. The molecule has 0 aliphatic carbocycles. The Labute approximate surface area is 160 Å². The Bertz CT molecular complexity index is 760. The number of rotatable bonds is 5. The molecular formula is C20H30N6O+2. The van der Waals surface area contributed by atoms with E-state index in [9.17, 15) is 4.79 Å². The van der Waals surface area contributed by atoms with Crippen molar-refractivity contribution in [2.75, 3.05) is 52.4 Å². The van der Waals surface area contributed by atoms with Gasteiger partial charge in [0.25, 0.3) is 5.91 Å². The zero-order chi connectivity index (χ0) is 18.6. The lowest BCUT2D eigenvalue weighted by molar-refractivity contribution is -0.954. The number of carbonyl (C=O) groups is 1. The number of quaternary nitrogens is 2. The van der Waals surface area contributed by atoms with E-state index in [4.69, 9.17) is 0 Å². The van der Waals surface area contributed by atoms with Crippen LogP contribution in [-0.4, -0.2) is 78.2 Å². The first-order chi connectivity index (χ1) is 13.2. The third kappa shape index (κ3) is 4.20. The van der Waals surface area contributed by atoms with E-state index in [1.807, 2.05) is 42.2 Å². The van der Waals surface area contributed by atoms with Gasteiger partial charge in [0.1, 0.15) is 13.1 Å². The Balaban J connectivity index is 1.33. The Morgan fingerprint density at radius 2 is 1.59 bits per heavy atom. The van der Waals surface area contributed by atoms with Crippen LogP contribution in [-0.2, 0) is 0 Å². The molecule has 1 aromatic heterocycles. The van der Waals surface area contributed by atoms with E-state index < -0.39 is 0 Å². The molecule has 7 nitrogen and oxygen atoms in total. The first kappa shape index (κ1) is 18.1. The van der Waals surface area contributed by atoms with Gasteiger partial charge in [0.15, 0.2) is 5.69 Å². The van der Waals surface area contributed by atoms with Gasteiger partial charge < -0.3 is 14.7 Å². The highest BCUT2D eigenvalue weighted by molar-refractivity contribution is 5.93. The maximum absolute atomic E-state index is 12.9. The topological polar surface area (TPSA) is 59.9 Å². The quantitative estimate of drug-likeness (QED) is 0.680. The highest BCUT2D eigenvalue weighted by Gasteiger charge is 2.28. The minimum Gasteiger partial charge on any atom is -0.330 e. The molecule has 2 aliphatic heterocycles. The molecule has 1 aromatic carbocycles. The molecule has 0 saturated carbocycles. The lowest BCUT2D eigenvalue weighted by atomic mass is 10.2.